The van der Waals surface area contributed by atoms with Gasteiger partial charge in [-0.1, -0.05) is 60.7 Å². The van der Waals surface area contributed by atoms with E-state index < -0.39 is 0 Å². The lowest BCUT2D eigenvalue weighted by Crippen LogP contribution is -2.13. The van der Waals surface area contributed by atoms with E-state index >= 15 is 0 Å². The van der Waals surface area contributed by atoms with E-state index in [2.05, 4.69) is 99.0 Å². The Morgan fingerprint density at radius 1 is 0.750 bits per heavy atom. The van der Waals surface area contributed by atoms with E-state index in [0.29, 0.717) is 0 Å². The van der Waals surface area contributed by atoms with Crippen molar-refractivity contribution in [3.05, 3.63) is 95.6 Å². The molecule has 1 nitrogen and oxygen atoms in total. The van der Waals surface area contributed by atoms with Crippen LogP contribution in [0.1, 0.15) is 22.3 Å². The highest BCUT2D eigenvalue weighted by Gasteiger charge is 2.16. The average molecular weight is 313 g/mol. The van der Waals surface area contributed by atoms with Crippen LogP contribution in [0, 0.1) is 20.8 Å². The fraction of sp³-hybridized carbons (Fsp3) is 0.130. The molecule has 0 unspecified atom stereocenters. The van der Waals surface area contributed by atoms with Crippen LogP contribution in [0.15, 0.2) is 73.3 Å². The third kappa shape index (κ3) is 3.11. The molecule has 0 fully saturated rings. The number of para-hydroxylation sites is 1. The summed E-state index contributed by atoms with van der Waals surface area (Å²) in [7, 11) is 0. The highest BCUT2D eigenvalue weighted by Crippen LogP contribution is 2.38. The lowest BCUT2D eigenvalue weighted by atomic mass is 10.0. The Balaban J connectivity index is 2.21. The van der Waals surface area contributed by atoms with Crippen LogP contribution in [0.2, 0.25) is 0 Å². The van der Waals surface area contributed by atoms with E-state index in [-0.39, 0.29) is 0 Å². The lowest BCUT2D eigenvalue weighted by Gasteiger charge is -2.29. The minimum absolute atomic E-state index is 1.13. The summed E-state index contributed by atoms with van der Waals surface area (Å²) in [6.07, 6.45) is 1.87. The van der Waals surface area contributed by atoms with Gasteiger partial charge in [0.15, 0.2) is 0 Å². The van der Waals surface area contributed by atoms with Gasteiger partial charge in [0.1, 0.15) is 0 Å². The molecule has 3 aromatic rings. The molecule has 120 valence electrons. The predicted molar refractivity (Wildman–Crippen MR) is 105 cm³/mol. The third-order valence-electron chi connectivity index (χ3n) is 4.26. The average Bonchev–Trinajstić information content (AvgIpc) is 2.59. The van der Waals surface area contributed by atoms with Gasteiger partial charge in [-0.05, 0) is 61.7 Å². The Morgan fingerprint density at radius 3 is 1.83 bits per heavy atom. The van der Waals surface area contributed by atoms with Crippen LogP contribution < -0.4 is 4.90 Å². The molecule has 0 atom stereocenters. The van der Waals surface area contributed by atoms with Gasteiger partial charge < -0.3 is 4.90 Å². The molecule has 0 amide bonds. The summed E-state index contributed by atoms with van der Waals surface area (Å²) in [6, 6.07) is 23.5. The van der Waals surface area contributed by atoms with Crippen LogP contribution in [0.3, 0.4) is 0 Å². The van der Waals surface area contributed by atoms with Crippen LogP contribution in [0.25, 0.3) is 6.08 Å². The molecule has 3 rings (SSSR count). The van der Waals surface area contributed by atoms with Crippen LogP contribution in [-0.4, -0.2) is 0 Å². The summed E-state index contributed by atoms with van der Waals surface area (Å²) >= 11 is 0. The number of nitrogens with zero attached hydrogens (tertiary/aromatic N) is 1. The molecule has 0 saturated heterocycles. The van der Waals surface area contributed by atoms with E-state index in [1.807, 2.05) is 6.08 Å². The van der Waals surface area contributed by atoms with Gasteiger partial charge in [0.2, 0.25) is 0 Å². The Bertz CT molecular complexity index is 822. The molecular weight excluding hydrogens is 290 g/mol. The monoisotopic (exact) mass is 313 g/mol. The largest absolute Gasteiger partial charge is 0.310 e. The van der Waals surface area contributed by atoms with E-state index in [0.717, 1.165) is 11.3 Å². The minimum atomic E-state index is 1.13. The fourth-order valence-corrected chi connectivity index (χ4v) is 3.27. The van der Waals surface area contributed by atoms with Gasteiger partial charge >= 0.3 is 0 Å². The van der Waals surface area contributed by atoms with Gasteiger partial charge in [-0.3, -0.25) is 0 Å². The second kappa shape index (κ2) is 6.76. The maximum absolute atomic E-state index is 3.85. The van der Waals surface area contributed by atoms with Gasteiger partial charge in [-0.15, -0.1) is 0 Å². The van der Waals surface area contributed by atoms with Crippen LogP contribution >= 0.6 is 0 Å². The Labute approximate surface area is 144 Å². The van der Waals surface area contributed by atoms with E-state index in [9.17, 15) is 0 Å². The van der Waals surface area contributed by atoms with Crippen molar-refractivity contribution in [1.29, 1.82) is 0 Å². The van der Waals surface area contributed by atoms with Crippen molar-refractivity contribution in [1.82, 2.24) is 0 Å². The Hall–Kier alpha value is -2.80. The third-order valence-corrected chi connectivity index (χ3v) is 4.26. The molecule has 0 N–H and O–H groups in total. The summed E-state index contributed by atoms with van der Waals surface area (Å²) in [5.74, 6) is 0. The predicted octanol–water partition coefficient (Wildman–Crippen LogP) is 6.72. The lowest BCUT2D eigenvalue weighted by molar-refractivity contribution is 1.20. The minimum Gasteiger partial charge on any atom is -0.310 e. The normalized spacial score (nSPS) is 10.5. The molecule has 0 aliphatic rings. The van der Waals surface area contributed by atoms with Gasteiger partial charge in [-0.25, -0.2) is 0 Å². The standard InChI is InChI=1S/C23H23N/c1-5-20-11-13-22(14-12-20)24(21-9-7-6-8-10-21)23-18(3)15-17(2)16-19(23)4/h5-16H,1H2,2-4H3. The summed E-state index contributed by atoms with van der Waals surface area (Å²) in [5.41, 5.74) is 8.56. The first-order valence-corrected chi connectivity index (χ1v) is 8.25. The highest BCUT2D eigenvalue weighted by molar-refractivity contribution is 5.80. The molecule has 0 radical (unpaired) electrons. The molecule has 0 heterocycles. The van der Waals surface area contributed by atoms with Crippen molar-refractivity contribution < 1.29 is 0 Å². The van der Waals surface area contributed by atoms with E-state index in [1.54, 1.807) is 0 Å². The number of hydrogen-bond donors (Lipinski definition) is 0. The van der Waals surface area contributed by atoms with Crippen LogP contribution in [0.4, 0.5) is 17.1 Å². The molecule has 0 bridgehead atoms. The quantitative estimate of drug-likeness (QED) is 0.516. The number of hydrogen-bond acceptors (Lipinski definition) is 1. The van der Waals surface area contributed by atoms with E-state index in [1.165, 1.54) is 28.1 Å². The number of aryl methyl sites for hydroxylation is 3. The maximum atomic E-state index is 3.85. The molecule has 0 aromatic heterocycles. The van der Waals surface area contributed by atoms with Gasteiger partial charge in [0.25, 0.3) is 0 Å². The number of benzene rings is 3. The number of anilines is 3. The molecule has 24 heavy (non-hydrogen) atoms. The van der Waals surface area contributed by atoms with Crippen molar-refractivity contribution in [3.8, 4) is 0 Å². The molecule has 3 aromatic carbocycles. The van der Waals surface area contributed by atoms with Crippen molar-refractivity contribution in [2.45, 2.75) is 20.8 Å². The second-order valence-electron chi connectivity index (χ2n) is 6.21. The fourth-order valence-electron chi connectivity index (χ4n) is 3.27. The van der Waals surface area contributed by atoms with Crippen molar-refractivity contribution in [3.63, 3.8) is 0 Å². The topological polar surface area (TPSA) is 3.24 Å². The van der Waals surface area contributed by atoms with Gasteiger partial charge in [0, 0.05) is 11.4 Å². The molecule has 1 heteroatoms. The molecule has 0 aliphatic carbocycles. The van der Waals surface area contributed by atoms with Crippen molar-refractivity contribution >= 4 is 23.1 Å². The maximum Gasteiger partial charge on any atom is 0.0520 e. The first-order chi connectivity index (χ1) is 11.6. The van der Waals surface area contributed by atoms with Crippen molar-refractivity contribution in [2.75, 3.05) is 4.90 Å². The molecule has 0 aliphatic heterocycles. The SMILES string of the molecule is C=Cc1ccc(N(c2ccccc2)c2c(C)cc(C)cc2C)cc1. The van der Waals surface area contributed by atoms with Crippen LogP contribution in [-0.2, 0) is 0 Å². The number of rotatable bonds is 4. The first-order valence-electron chi connectivity index (χ1n) is 8.25. The molecular formula is C23H23N. The molecule has 0 spiro atoms. The zero-order valence-electron chi connectivity index (χ0n) is 14.6. The van der Waals surface area contributed by atoms with Crippen molar-refractivity contribution in [2.24, 2.45) is 0 Å². The van der Waals surface area contributed by atoms with Crippen LogP contribution in [0.5, 0.6) is 0 Å². The smallest absolute Gasteiger partial charge is 0.0520 e. The highest BCUT2D eigenvalue weighted by atomic mass is 15.1. The van der Waals surface area contributed by atoms with Gasteiger partial charge in [0.05, 0.1) is 5.69 Å². The zero-order valence-corrected chi connectivity index (χ0v) is 14.6. The summed E-state index contributed by atoms with van der Waals surface area (Å²) < 4.78 is 0. The second-order valence-corrected chi connectivity index (χ2v) is 6.21. The summed E-state index contributed by atoms with van der Waals surface area (Å²) in [5, 5.41) is 0. The van der Waals surface area contributed by atoms with E-state index in [4.69, 9.17) is 0 Å². The summed E-state index contributed by atoms with van der Waals surface area (Å²) in [4.78, 5) is 2.33. The Morgan fingerprint density at radius 2 is 1.29 bits per heavy atom. The zero-order chi connectivity index (χ0) is 17.1. The van der Waals surface area contributed by atoms with Gasteiger partial charge in [-0.2, -0.15) is 0 Å². The first kappa shape index (κ1) is 16.1. The summed E-state index contributed by atoms with van der Waals surface area (Å²) in [6.45, 7) is 10.4. The Kier molecular flexibility index (Phi) is 4.52. The molecule has 0 saturated carbocycles.